The predicted octanol–water partition coefficient (Wildman–Crippen LogP) is 5.88. The van der Waals surface area contributed by atoms with Crippen LogP contribution in [-0.2, 0) is 4.84 Å². The summed E-state index contributed by atoms with van der Waals surface area (Å²) < 4.78 is 0. The number of piperidine rings is 1. The number of nitrogens with one attached hydrogen (secondary N) is 1. The maximum Gasteiger partial charge on any atom is 0.430 e. The Kier molecular flexibility index (Phi) is 11.8. The van der Waals surface area contributed by atoms with Gasteiger partial charge in [-0.1, -0.05) is 57.6 Å². The fourth-order valence-electron chi connectivity index (χ4n) is 5.54. The predicted molar refractivity (Wildman–Crippen MR) is 170 cm³/mol. The van der Waals surface area contributed by atoms with Crippen LogP contribution in [0.4, 0.5) is 9.59 Å². The van der Waals surface area contributed by atoms with E-state index in [9.17, 15) is 14.4 Å². The molecule has 2 aliphatic heterocycles. The molecule has 1 unspecified atom stereocenters. The summed E-state index contributed by atoms with van der Waals surface area (Å²) in [5.74, 6) is -0.759. The van der Waals surface area contributed by atoms with Crippen LogP contribution >= 0.6 is 46.4 Å². The Labute approximate surface area is 271 Å². The molecule has 2 aromatic carbocycles. The summed E-state index contributed by atoms with van der Waals surface area (Å²) in [6.45, 7) is 3.83. The van der Waals surface area contributed by atoms with Gasteiger partial charge in [-0.25, -0.2) is 9.59 Å². The van der Waals surface area contributed by atoms with Crippen LogP contribution in [0.1, 0.15) is 47.5 Å². The number of nitrogens with zero attached hydrogens (tertiary/aromatic N) is 4. The molecular weight excluding hydrogens is 638 g/mol. The number of carbonyl (C=O) groups excluding carboxylic acids is 3. The normalized spacial score (nSPS) is 17.4. The van der Waals surface area contributed by atoms with Gasteiger partial charge in [-0.2, -0.15) is 0 Å². The zero-order chi connectivity index (χ0) is 31.1. The van der Waals surface area contributed by atoms with E-state index in [1.54, 1.807) is 19.2 Å². The lowest BCUT2D eigenvalue weighted by molar-refractivity contribution is 0.0812. The van der Waals surface area contributed by atoms with E-state index >= 15 is 0 Å². The first-order chi connectivity index (χ1) is 20.5. The number of likely N-dealkylation sites (tertiary alicyclic amines) is 1. The Morgan fingerprint density at radius 3 is 2.40 bits per heavy atom. The summed E-state index contributed by atoms with van der Waals surface area (Å²) in [7, 11) is 1.60. The van der Waals surface area contributed by atoms with Crippen molar-refractivity contribution in [3.8, 4) is 0 Å². The molecule has 4 amide bonds. The molecule has 3 N–H and O–H groups in total. The number of hydrogen-bond donors (Lipinski definition) is 2. The van der Waals surface area contributed by atoms with Crippen LogP contribution in [0, 0.1) is 0 Å². The van der Waals surface area contributed by atoms with Gasteiger partial charge in [0, 0.05) is 60.8 Å². The van der Waals surface area contributed by atoms with E-state index in [-0.39, 0.29) is 24.5 Å². The number of carbonyl (C=O) groups is 3. The fourth-order valence-corrected chi connectivity index (χ4v) is 6.37. The molecule has 2 heterocycles. The summed E-state index contributed by atoms with van der Waals surface area (Å²) in [6.07, 6.45) is 2.18. The van der Waals surface area contributed by atoms with Crippen LogP contribution in [0.2, 0.25) is 20.1 Å². The second-order valence-corrected chi connectivity index (χ2v) is 12.4. The molecule has 232 valence electrons. The van der Waals surface area contributed by atoms with E-state index in [0.29, 0.717) is 44.3 Å². The van der Waals surface area contributed by atoms with Crippen LogP contribution in [0.5, 0.6) is 0 Å². The van der Waals surface area contributed by atoms with Gasteiger partial charge in [-0.15, -0.1) is 0 Å². The number of urea groups is 1. The molecule has 0 saturated carbocycles. The summed E-state index contributed by atoms with van der Waals surface area (Å²) in [6, 6.07) is 10.1. The highest BCUT2D eigenvalue weighted by Crippen LogP contribution is 2.31. The van der Waals surface area contributed by atoms with Crippen LogP contribution < -0.4 is 11.1 Å². The van der Waals surface area contributed by atoms with Crippen molar-refractivity contribution < 1.29 is 19.2 Å². The molecule has 0 aliphatic carbocycles. The summed E-state index contributed by atoms with van der Waals surface area (Å²) in [5.41, 5.74) is 6.73. The summed E-state index contributed by atoms with van der Waals surface area (Å²) in [5, 5.41) is 8.44. The lowest BCUT2D eigenvalue weighted by Gasteiger charge is -2.40. The quantitative estimate of drug-likeness (QED) is 0.186. The number of halogens is 4. The van der Waals surface area contributed by atoms with Gasteiger partial charge in [-0.3, -0.25) is 9.63 Å². The molecule has 10 nitrogen and oxygen atoms in total. The number of rotatable bonds is 10. The molecule has 2 saturated heterocycles. The summed E-state index contributed by atoms with van der Waals surface area (Å²) >= 11 is 24.8. The zero-order valence-electron chi connectivity index (χ0n) is 23.7. The standard InChI is InChI=1S/C29H34Cl4N6O4/c1-37(27(40)19-13-20(30)16-21(31)14-19)17-26(36-43-28(34)41)23(18-3-4-24(32)25(33)15-18)7-12-38-10-5-22(6-11-38)39-9-2-8-35-29(39)42/h3-4,13-16,22-23H,2,5-12,17H2,1H3,(H2,34,41)(H,35,42)/b36-26+. The van der Waals surface area contributed by atoms with Gasteiger partial charge in [-0.05, 0) is 68.1 Å². The largest absolute Gasteiger partial charge is 0.430 e. The minimum absolute atomic E-state index is 0.00725. The van der Waals surface area contributed by atoms with Crippen molar-refractivity contribution >= 4 is 70.1 Å². The maximum atomic E-state index is 13.3. The molecule has 43 heavy (non-hydrogen) atoms. The van der Waals surface area contributed by atoms with Crippen LogP contribution in [-0.4, -0.2) is 90.8 Å². The molecule has 1 atom stereocenters. The zero-order valence-corrected chi connectivity index (χ0v) is 26.7. The van der Waals surface area contributed by atoms with Gasteiger partial charge in [0.05, 0.1) is 22.3 Å². The Balaban J connectivity index is 1.53. The van der Waals surface area contributed by atoms with E-state index in [4.69, 9.17) is 57.0 Å². The Bertz CT molecular complexity index is 1350. The van der Waals surface area contributed by atoms with Crippen molar-refractivity contribution in [2.45, 2.75) is 37.6 Å². The van der Waals surface area contributed by atoms with Crippen LogP contribution in [0.15, 0.2) is 41.6 Å². The number of amides is 4. The average Bonchev–Trinajstić information content (AvgIpc) is 2.97. The first-order valence-electron chi connectivity index (χ1n) is 14.0. The smallest absolute Gasteiger partial charge is 0.338 e. The number of primary amides is 1. The van der Waals surface area contributed by atoms with Crippen LogP contribution in [0.3, 0.4) is 0 Å². The lowest BCUT2D eigenvalue weighted by atomic mass is 9.89. The SMILES string of the molecule is CN(C/C(=N\OC(N)=O)C(CCN1CCC(N2CCCNC2=O)CC1)c1ccc(Cl)c(Cl)c1)C(=O)c1cc(Cl)cc(Cl)c1. The van der Waals surface area contributed by atoms with Gasteiger partial charge < -0.3 is 25.8 Å². The number of benzene rings is 2. The highest BCUT2D eigenvalue weighted by Gasteiger charge is 2.31. The number of hydrogen-bond acceptors (Lipinski definition) is 6. The highest BCUT2D eigenvalue weighted by molar-refractivity contribution is 6.42. The minimum Gasteiger partial charge on any atom is -0.338 e. The molecule has 4 rings (SSSR count). The third-order valence-corrected chi connectivity index (χ3v) is 8.88. The third-order valence-electron chi connectivity index (χ3n) is 7.70. The lowest BCUT2D eigenvalue weighted by Crippen LogP contribution is -2.54. The van der Waals surface area contributed by atoms with Crippen molar-refractivity contribution in [1.29, 1.82) is 0 Å². The molecule has 2 aliphatic rings. The molecule has 0 spiro atoms. The van der Waals surface area contributed by atoms with Crippen molar-refractivity contribution in [2.24, 2.45) is 10.9 Å². The van der Waals surface area contributed by atoms with Crippen molar-refractivity contribution in [2.75, 3.05) is 46.3 Å². The van der Waals surface area contributed by atoms with Gasteiger partial charge in [0.15, 0.2) is 0 Å². The fraction of sp³-hybridized carbons (Fsp3) is 0.448. The number of nitrogens with two attached hydrogens (primary N) is 1. The van der Waals surface area contributed by atoms with E-state index in [0.717, 1.165) is 51.0 Å². The highest BCUT2D eigenvalue weighted by atomic mass is 35.5. The van der Waals surface area contributed by atoms with Gasteiger partial charge >= 0.3 is 12.1 Å². The maximum absolute atomic E-state index is 13.3. The van der Waals surface area contributed by atoms with E-state index < -0.39 is 12.0 Å². The molecule has 2 aromatic rings. The Morgan fingerprint density at radius 2 is 1.77 bits per heavy atom. The molecule has 0 radical (unpaired) electrons. The molecule has 0 aromatic heterocycles. The monoisotopic (exact) mass is 670 g/mol. The van der Waals surface area contributed by atoms with Crippen LogP contribution in [0.25, 0.3) is 0 Å². The van der Waals surface area contributed by atoms with Crippen molar-refractivity contribution in [3.63, 3.8) is 0 Å². The van der Waals surface area contributed by atoms with E-state index in [2.05, 4.69) is 15.4 Å². The second kappa shape index (κ2) is 15.3. The first-order valence-corrected chi connectivity index (χ1v) is 15.5. The molecular formula is C29H34Cl4N6O4. The number of oxime groups is 1. The van der Waals surface area contributed by atoms with E-state index in [1.165, 1.54) is 23.1 Å². The van der Waals surface area contributed by atoms with Gasteiger partial charge in [0.1, 0.15) is 0 Å². The van der Waals surface area contributed by atoms with Gasteiger partial charge in [0.25, 0.3) is 5.91 Å². The van der Waals surface area contributed by atoms with E-state index in [1.807, 2.05) is 11.0 Å². The second-order valence-electron chi connectivity index (χ2n) is 10.7. The van der Waals surface area contributed by atoms with Crippen molar-refractivity contribution in [1.82, 2.24) is 20.0 Å². The Hall–Kier alpha value is -2.76. The van der Waals surface area contributed by atoms with Gasteiger partial charge in [0.2, 0.25) is 0 Å². The third kappa shape index (κ3) is 9.12. The molecule has 0 bridgehead atoms. The minimum atomic E-state index is -1.08. The summed E-state index contributed by atoms with van der Waals surface area (Å²) in [4.78, 5) is 47.8. The average molecular weight is 672 g/mol. The Morgan fingerprint density at radius 1 is 1.07 bits per heavy atom. The topological polar surface area (TPSA) is 121 Å². The first kappa shape index (κ1) is 33.1. The molecule has 2 fully saturated rings. The molecule has 14 heteroatoms. The van der Waals surface area contributed by atoms with Crippen molar-refractivity contribution in [3.05, 3.63) is 67.6 Å².